The number of nitrogens with zero attached hydrogens (tertiary/aromatic N) is 3. The Labute approximate surface area is 93.8 Å². The Balaban J connectivity index is 2.71. The van der Waals surface area contributed by atoms with Crippen molar-refractivity contribution in [2.75, 3.05) is 26.1 Å². The lowest BCUT2D eigenvalue weighted by molar-refractivity contribution is 0.400. The van der Waals surface area contributed by atoms with Gasteiger partial charge in [0.1, 0.15) is 0 Å². The molecule has 2 aromatic rings. The third-order valence-electron chi connectivity index (χ3n) is 2.35. The van der Waals surface area contributed by atoms with Gasteiger partial charge in [-0.3, -0.25) is 9.81 Å². The lowest BCUT2D eigenvalue weighted by Gasteiger charge is -2.09. The van der Waals surface area contributed by atoms with Crippen LogP contribution >= 0.6 is 0 Å². The van der Waals surface area contributed by atoms with Crippen LogP contribution in [0.15, 0.2) is 24.4 Å². The average molecular weight is 218 g/mol. The lowest BCUT2D eigenvalue weighted by atomic mass is 10.3. The molecule has 0 amide bonds. The van der Waals surface area contributed by atoms with Gasteiger partial charge in [0.25, 0.3) is 0 Å². The Bertz CT molecular complexity index is 530. The van der Waals surface area contributed by atoms with Crippen LogP contribution in [-0.4, -0.2) is 36.5 Å². The molecule has 0 aliphatic rings. The summed E-state index contributed by atoms with van der Waals surface area (Å²) in [6, 6.07) is 5.77. The van der Waals surface area contributed by atoms with Gasteiger partial charge in [0, 0.05) is 20.3 Å². The molecule has 0 unspecified atom stereocenters. The highest BCUT2D eigenvalue weighted by molar-refractivity contribution is 5.97. The van der Waals surface area contributed by atoms with Gasteiger partial charge in [-0.25, -0.2) is 4.98 Å². The van der Waals surface area contributed by atoms with Crippen molar-refractivity contribution in [2.45, 2.75) is 0 Å². The first-order valence-corrected chi connectivity index (χ1v) is 4.92. The molecule has 2 heterocycles. The van der Waals surface area contributed by atoms with E-state index in [2.05, 4.69) is 4.98 Å². The van der Waals surface area contributed by atoms with Crippen LogP contribution in [0.2, 0.25) is 0 Å². The first-order chi connectivity index (χ1) is 7.65. The van der Waals surface area contributed by atoms with Crippen molar-refractivity contribution in [2.24, 2.45) is 0 Å². The number of methoxy groups -OCH3 is 1. The van der Waals surface area contributed by atoms with Crippen molar-refractivity contribution in [3.8, 4) is 0 Å². The molecule has 0 atom stereocenters. The van der Waals surface area contributed by atoms with Crippen LogP contribution in [-0.2, 0) is 4.74 Å². The molecule has 0 saturated carbocycles. The standard InChI is InChI=1S/C11H14N4O/c1-14(2)11-13-9(10(12)16-3)8-6-4-5-7-15(8)11/h4-7,12H,1-3H3. The molecule has 0 aliphatic carbocycles. The maximum absolute atomic E-state index is 7.70. The quantitative estimate of drug-likeness (QED) is 0.612. The van der Waals surface area contributed by atoms with Gasteiger partial charge >= 0.3 is 0 Å². The topological polar surface area (TPSA) is 53.6 Å². The third kappa shape index (κ3) is 1.50. The monoisotopic (exact) mass is 218 g/mol. The lowest BCUT2D eigenvalue weighted by Crippen LogP contribution is -2.12. The predicted molar refractivity (Wildman–Crippen MR) is 63.4 cm³/mol. The smallest absolute Gasteiger partial charge is 0.234 e. The summed E-state index contributed by atoms with van der Waals surface area (Å²) in [5, 5.41) is 7.70. The summed E-state index contributed by atoms with van der Waals surface area (Å²) in [6.45, 7) is 0. The van der Waals surface area contributed by atoms with Gasteiger partial charge in [-0.2, -0.15) is 0 Å². The Morgan fingerprint density at radius 3 is 2.81 bits per heavy atom. The molecule has 2 rings (SSSR count). The number of pyridine rings is 1. The second-order valence-electron chi connectivity index (χ2n) is 3.64. The van der Waals surface area contributed by atoms with E-state index in [1.165, 1.54) is 7.11 Å². The van der Waals surface area contributed by atoms with Crippen molar-refractivity contribution in [1.29, 1.82) is 5.41 Å². The molecule has 1 N–H and O–H groups in total. The Morgan fingerprint density at radius 1 is 1.44 bits per heavy atom. The average Bonchev–Trinajstić information content (AvgIpc) is 2.67. The summed E-state index contributed by atoms with van der Waals surface area (Å²) in [5.41, 5.74) is 1.44. The number of fused-ring (bicyclic) bond motifs is 1. The van der Waals surface area contributed by atoms with Gasteiger partial charge in [-0.05, 0) is 12.1 Å². The van der Waals surface area contributed by atoms with Gasteiger partial charge in [-0.15, -0.1) is 0 Å². The summed E-state index contributed by atoms with van der Waals surface area (Å²) < 4.78 is 6.86. The maximum atomic E-state index is 7.70. The van der Waals surface area contributed by atoms with E-state index in [1.807, 2.05) is 47.8 Å². The van der Waals surface area contributed by atoms with Crippen molar-refractivity contribution in [3.05, 3.63) is 30.1 Å². The van der Waals surface area contributed by atoms with E-state index in [1.54, 1.807) is 0 Å². The molecule has 5 heteroatoms. The SMILES string of the molecule is COC(=N)c1nc(N(C)C)n2ccccc12. The summed E-state index contributed by atoms with van der Waals surface area (Å²) in [6.07, 6.45) is 1.92. The zero-order valence-electron chi connectivity index (χ0n) is 9.56. The number of hydrogen-bond donors (Lipinski definition) is 1. The van der Waals surface area contributed by atoms with Crippen LogP contribution in [0.1, 0.15) is 5.69 Å². The molecule has 5 nitrogen and oxygen atoms in total. The molecule has 16 heavy (non-hydrogen) atoms. The second-order valence-corrected chi connectivity index (χ2v) is 3.64. The van der Waals surface area contributed by atoms with E-state index in [4.69, 9.17) is 10.1 Å². The molecule has 0 bridgehead atoms. The third-order valence-corrected chi connectivity index (χ3v) is 2.35. The molecule has 0 radical (unpaired) electrons. The fourth-order valence-corrected chi connectivity index (χ4v) is 1.60. The summed E-state index contributed by atoms with van der Waals surface area (Å²) >= 11 is 0. The first kappa shape index (κ1) is 10.5. The van der Waals surface area contributed by atoms with E-state index in [9.17, 15) is 0 Å². The van der Waals surface area contributed by atoms with Gasteiger partial charge < -0.3 is 9.64 Å². The summed E-state index contributed by atoms with van der Waals surface area (Å²) in [4.78, 5) is 6.30. The predicted octanol–water partition coefficient (Wildman–Crippen LogP) is 1.37. The fourth-order valence-electron chi connectivity index (χ4n) is 1.60. The number of nitrogens with one attached hydrogen (secondary N) is 1. The number of hydrogen-bond acceptors (Lipinski definition) is 4. The molecule has 2 aromatic heterocycles. The molecule has 0 spiro atoms. The van der Waals surface area contributed by atoms with Crippen LogP contribution < -0.4 is 4.90 Å². The van der Waals surface area contributed by atoms with Crippen LogP contribution in [0.3, 0.4) is 0 Å². The minimum absolute atomic E-state index is 0.0804. The molecule has 0 aromatic carbocycles. The van der Waals surface area contributed by atoms with Gasteiger partial charge in [-0.1, -0.05) is 6.07 Å². The van der Waals surface area contributed by atoms with Crippen molar-refractivity contribution >= 4 is 17.4 Å². The van der Waals surface area contributed by atoms with Gasteiger partial charge in [0.05, 0.1) is 12.6 Å². The normalized spacial score (nSPS) is 10.4. The van der Waals surface area contributed by atoms with Crippen molar-refractivity contribution in [3.63, 3.8) is 0 Å². The van der Waals surface area contributed by atoms with E-state index >= 15 is 0 Å². The van der Waals surface area contributed by atoms with E-state index in [0.29, 0.717) is 5.69 Å². The Hall–Kier alpha value is -2.04. The molecule has 84 valence electrons. The van der Waals surface area contributed by atoms with E-state index < -0.39 is 0 Å². The van der Waals surface area contributed by atoms with E-state index in [-0.39, 0.29) is 5.90 Å². The minimum atomic E-state index is 0.0804. The number of anilines is 1. The van der Waals surface area contributed by atoms with Crippen LogP contribution in [0.25, 0.3) is 5.52 Å². The molecule has 0 saturated heterocycles. The highest BCUT2D eigenvalue weighted by Gasteiger charge is 2.15. The number of imidazole rings is 1. The fraction of sp³-hybridized carbons (Fsp3) is 0.273. The Morgan fingerprint density at radius 2 is 2.19 bits per heavy atom. The molecular weight excluding hydrogens is 204 g/mol. The Kier molecular flexibility index (Phi) is 2.52. The van der Waals surface area contributed by atoms with Gasteiger partial charge in [0.15, 0.2) is 5.69 Å². The summed E-state index contributed by atoms with van der Waals surface area (Å²) in [5.74, 6) is 0.865. The van der Waals surface area contributed by atoms with Crippen LogP contribution in [0.4, 0.5) is 5.95 Å². The van der Waals surface area contributed by atoms with Crippen LogP contribution in [0.5, 0.6) is 0 Å². The number of ether oxygens (including phenoxy) is 1. The van der Waals surface area contributed by atoms with E-state index in [0.717, 1.165) is 11.5 Å². The largest absolute Gasteiger partial charge is 0.480 e. The number of rotatable bonds is 2. The molecule has 0 aliphatic heterocycles. The second kappa shape index (κ2) is 3.84. The highest BCUT2D eigenvalue weighted by Crippen LogP contribution is 2.18. The molecular formula is C11H14N4O. The van der Waals surface area contributed by atoms with Crippen molar-refractivity contribution in [1.82, 2.24) is 9.38 Å². The van der Waals surface area contributed by atoms with Crippen LogP contribution in [0, 0.1) is 5.41 Å². The highest BCUT2D eigenvalue weighted by atomic mass is 16.5. The first-order valence-electron chi connectivity index (χ1n) is 4.92. The molecule has 0 fully saturated rings. The zero-order chi connectivity index (χ0) is 11.7. The maximum Gasteiger partial charge on any atom is 0.234 e. The van der Waals surface area contributed by atoms with Crippen molar-refractivity contribution < 1.29 is 4.74 Å². The summed E-state index contributed by atoms with van der Waals surface area (Å²) in [7, 11) is 5.32. The number of aromatic nitrogens is 2. The zero-order valence-corrected chi connectivity index (χ0v) is 9.56. The minimum Gasteiger partial charge on any atom is -0.480 e. The van der Waals surface area contributed by atoms with Gasteiger partial charge in [0.2, 0.25) is 11.8 Å².